The highest BCUT2D eigenvalue weighted by Crippen LogP contribution is 2.36. The number of aliphatic hydroxyl groups is 1. The van der Waals surface area contributed by atoms with Crippen molar-refractivity contribution >= 4 is 10.0 Å². The van der Waals surface area contributed by atoms with Gasteiger partial charge in [0.2, 0.25) is 10.0 Å². The Morgan fingerprint density at radius 1 is 1.19 bits per heavy atom. The summed E-state index contributed by atoms with van der Waals surface area (Å²) in [5.74, 6) is 0.741. The Kier molecular flexibility index (Phi) is 5.89. The zero-order valence-electron chi connectivity index (χ0n) is 15.9. The molecule has 3 rings (SSSR count). The third kappa shape index (κ3) is 4.34. The monoisotopic (exact) mass is 389 g/mol. The van der Waals surface area contributed by atoms with Crippen LogP contribution in [0, 0.1) is 0 Å². The number of hydrogen-bond acceptors (Lipinski definition) is 4. The number of fused-ring (bicyclic) bond motifs is 1. The fraction of sp³-hybridized carbons (Fsp3) is 0.429. The number of benzene rings is 2. The quantitative estimate of drug-likeness (QED) is 0.763. The van der Waals surface area contributed by atoms with E-state index in [0.717, 1.165) is 48.1 Å². The van der Waals surface area contributed by atoms with Crippen LogP contribution in [0.15, 0.2) is 47.4 Å². The molecule has 146 valence electrons. The summed E-state index contributed by atoms with van der Waals surface area (Å²) in [4.78, 5) is 0.219. The maximum atomic E-state index is 12.7. The summed E-state index contributed by atoms with van der Waals surface area (Å²) in [5.41, 5.74) is 1.68. The molecule has 1 atom stereocenters. The molecule has 0 saturated carbocycles. The molecule has 0 aromatic heterocycles. The van der Waals surface area contributed by atoms with Crippen LogP contribution in [0.2, 0.25) is 0 Å². The van der Waals surface area contributed by atoms with E-state index in [1.807, 2.05) is 24.3 Å². The third-order valence-electron chi connectivity index (χ3n) is 5.18. The van der Waals surface area contributed by atoms with Crippen molar-refractivity contribution in [3.05, 3.63) is 59.2 Å². The highest BCUT2D eigenvalue weighted by Gasteiger charge is 2.35. The van der Waals surface area contributed by atoms with E-state index >= 15 is 0 Å². The summed E-state index contributed by atoms with van der Waals surface area (Å²) in [7, 11) is -2.07. The van der Waals surface area contributed by atoms with Crippen molar-refractivity contribution in [1.29, 1.82) is 0 Å². The summed E-state index contributed by atoms with van der Waals surface area (Å²) in [6, 6.07) is 12.5. The third-order valence-corrected chi connectivity index (χ3v) is 6.59. The molecule has 27 heavy (non-hydrogen) atoms. The molecule has 2 aromatic carbocycles. The summed E-state index contributed by atoms with van der Waals surface area (Å²) in [5, 5.41) is 11.1. The lowest BCUT2D eigenvalue weighted by atomic mass is 9.79. The van der Waals surface area contributed by atoms with Gasteiger partial charge in [-0.05, 0) is 66.6 Å². The maximum Gasteiger partial charge on any atom is 0.240 e. The Morgan fingerprint density at radius 3 is 2.59 bits per heavy atom. The van der Waals surface area contributed by atoms with Gasteiger partial charge >= 0.3 is 0 Å². The topological polar surface area (TPSA) is 75.6 Å². The second kappa shape index (κ2) is 8.00. The van der Waals surface area contributed by atoms with Gasteiger partial charge in [0.05, 0.1) is 12.0 Å². The second-order valence-corrected chi connectivity index (χ2v) is 8.89. The van der Waals surface area contributed by atoms with E-state index in [1.165, 1.54) is 0 Å². The van der Waals surface area contributed by atoms with E-state index in [1.54, 1.807) is 25.3 Å². The molecule has 0 saturated heterocycles. The van der Waals surface area contributed by atoms with Gasteiger partial charge in [0.15, 0.2) is 0 Å². The Balaban J connectivity index is 1.77. The molecule has 0 amide bonds. The van der Waals surface area contributed by atoms with Crippen molar-refractivity contribution in [3.8, 4) is 5.75 Å². The molecule has 0 spiro atoms. The Morgan fingerprint density at radius 2 is 1.93 bits per heavy atom. The molecule has 6 heteroatoms. The van der Waals surface area contributed by atoms with Gasteiger partial charge in [-0.3, -0.25) is 0 Å². The molecule has 2 N–H and O–H groups in total. The average molecular weight is 390 g/mol. The molecule has 2 aromatic rings. The number of hydrogen-bond donors (Lipinski definition) is 2. The Labute approximate surface area is 161 Å². The summed E-state index contributed by atoms with van der Waals surface area (Å²) in [6.45, 7) is 2.04. The van der Waals surface area contributed by atoms with Crippen LogP contribution >= 0.6 is 0 Å². The number of rotatable bonds is 7. The number of aryl methyl sites for hydroxylation is 2. The van der Waals surface area contributed by atoms with Crippen molar-refractivity contribution in [2.75, 3.05) is 13.7 Å². The predicted molar refractivity (Wildman–Crippen MR) is 105 cm³/mol. The fourth-order valence-electron chi connectivity index (χ4n) is 3.67. The maximum absolute atomic E-state index is 12.7. The lowest BCUT2D eigenvalue weighted by Gasteiger charge is -2.34. The first kappa shape index (κ1) is 19.9. The van der Waals surface area contributed by atoms with E-state index in [0.29, 0.717) is 6.42 Å². The molecule has 0 radical (unpaired) electrons. The van der Waals surface area contributed by atoms with Crippen molar-refractivity contribution < 1.29 is 18.3 Å². The normalized spacial score (nSPS) is 19.5. The number of ether oxygens (including phenoxy) is 1. The van der Waals surface area contributed by atoms with Crippen LogP contribution in [0.1, 0.15) is 42.9 Å². The average Bonchev–Trinajstić information content (AvgIpc) is 2.67. The van der Waals surface area contributed by atoms with E-state index < -0.39 is 15.6 Å². The first-order valence-electron chi connectivity index (χ1n) is 9.36. The largest absolute Gasteiger partial charge is 0.497 e. The Hall–Kier alpha value is -1.89. The minimum Gasteiger partial charge on any atom is -0.497 e. The zero-order valence-corrected chi connectivity index (χ0v) is 16.7. The highest BCUT2D eigenvalue weighted by molar-refractivity contribution is 7.89. The lowest BCUT2D eigenvalue weighted by Crippen LogP contribution is -2.42. The molecule has 0 bridgehead atoms. The minimum absolute atomic E-state index is 0.0502. The van der Waals surface area contributed by atoms with Gasteiger partial charge in [0, 0.05) is 6.54 Å². The van der Waals surface area contributed by atoms with Gasteiger partial charge in [-0.15, -0.1) is 0 Å². The first-order chi connectivity index (χ1) is 12.9. The van der Waals surface area contributed by atoms with Crippen molar-refractivity contribution in [2.24, 2.45) is 0 Å². The van der Waals surface area contributed by atoms with Crippen LogP contribution < -0.4 is 9.46 Å². The van der Waals surface area contributed by atoms with Crippen LogP contribution in [0.4, 0.5) is 0 Å². The van der Waals surface area contributed by atoms with E-state index in [2.05, 4.69) is 11.6 Å². The van der Waals surface area contributed by atoms with Crippen LogP contribution in [0.3, 0.4) is 0 Å². The van der Waals surface area contributed by atoms with Crippen molar-refractivity contribution in [2.45, 2.75) is 49.5 Å². The first-order valence-corrected chi connectivity index (χ1v) is 10.8. The van der Waals surface area contributed by atoms with Gasteiger partial charge in [0.1, 0.15) is 11.4 Å². The fourth-order valence-corrected chi connectivity index (χ4v) is 4.76. The SMILES string of the molecule is CCCc1ccc(S(=O)(=O)NCC2(O)CCCc3cc(OC)ccc32)cc1. The summed E-state index contributed by atoms with van der Waals surface area (Å²) in [6.07, 6.45) is 4.10. The molecule has 1 aliphatic rings. The zero-order chi connectivity index (χ0) is 19.5. The highest BCUT2D eigenvalue weighted by atomic mass is 32.2. The smallest absolute Gasteiger partial charge is 0.240 e. The summed E-state index contributed by atoms with van der Waals surface area (Å²) >= 11 is 0. The van der Waals surface area contributed by atoms with Gasteiger partial charge in [0.25, 0.3) is 0 Å². The molecule has 1 aliphatic carbocycles. The minimum atomic E-state index is -3.68. The van der Waals surface area contributed by atoms with Crippen molar-refractivity contribution in [1.82, 2.24) is 4.72 Å². The van der Waals surface area contributed by atoms with Crippen LogP contribution in [-0.4, -0.2) is 27.2 Å². The van der Waals surface area contributed by atoms with Gasteiger partial charge in [-0.2, -0.15) is 0 Å². The molecule has 0 aliphatic heterocycles. The van der Waals surface area contributed by atoms with Gasteiger partial charge < -0.3 is 9.84 Å². The predicted octanol–water partition coefficient (Wildman–Crippen LogP) is 3.15. The number of nitrogens with one attached hydrogen (secondary N) is 1. The second-order valence-electron chi connectivity index (χ2n) is 7.13. The Bertz CT molecular complexity index is 893. The van der Waals surface area contributed by atoms with E-state index in [-0.39, 0.29) is 11.4 Å². The molecule has 1 unspecified atom stereocenters. The number of methoxy groups -OCH3 is 1. The van der Waals surface area contributed by atoms with E-state index in [4.69, 9.17) is 4.74 Å². The van der Waals surface area contributed by atoms with Gasteiger partial charge in [-0.25, -0.2) is 13.1 Å². The molecule has 0 fully saturated rings. The van der Waals surface area contributed by atoms with Crippen molar-refractivity contribution in [3.63, 3.8) is 0 Å². The van der Waals surface area contributed by atoms with Crippen LogP contribution in [0.5, 0.6) is 5.75 Å². The van der Waals surface area contributed by atoms with Gasteiger partial charge in [-0.1, -0.05) is 31.5 Å². The summed E-state index contributed by atoms with van der Waals surface area (Å²) < 4.78 is 33.2. The molecular weight excluding hydrogens is 362 g/mol. The van der Waals surface area contributed by atoms with Crippen LogP contribution in [-0.2, 0) is 28.5 Å². The van der Waals surface area contributed by atoms with Crippen LogP contribution in [0.25, 0.3) is 0 Å². The molecular formula is C21H27NO4S. The molecule has 0 heterocycles. The standard InChI is InChI=1S/C21H27NO4S/c1-3-5-16-7-10-19(11-8-16)27(24,25)22-15-21(23)13-4-6-17-14-18(26-2)9-12-20(17)21/h7-12,14,22-23H,3-6,13,15H2,1-2H3. The van der Waals surface area contributed by atoms with E-state index in [9.17, 15) is 13.5 Å². The number of sulfonamides is 1. The molecule has 5 nitrogen and oxygen atoms in total. The lowest BCUT2D eigenvalue weighted by molar-refractivity contribution is 0.0242.